The summed E-state index contributed by atoms with van der Waals surface area (Å²) < 4.78 is 11.9. The molecule has 0 unspecified atom stereocenters. The van der Waals surface area contributed by atoms with E-state index in [9.17, 15) is 9.59 Å². The van der Waals surface area contributed by atoms with Crippen LogP contribution in [0.1, 0.15) is 31.2 Å². The average Bonchev–Trinajstić information content (AvgIpc) is 3.20. The van der Waals surface area contributed by atoms with E-state index in [4.69, 9.17) is 19.4 Å². The van der Waals surface area contributed by atoms with Crippen LogP contribution >= 0.6 is 0 Å². The summed E-state index contributed by atoms with van der Waals surface area (Å²) in [4.78, 5) is 26.5. The number of hydrogen-bond donors (Lipinski definition) is 2. The minimum Gasteiger partial charge on any atom is -0.494 e. The van der Waals surface area contributed by atoms with Crippen LogP contribution in [0.2, 0.25) is 0 Å². The van der Waals surface area contributed by atoms with Crippen molar-refractivity contribution in [1.29, 1.82) is 0 Å². The van der Waals surface area contributed by atoms with E-state index >= 15 is 0 Å². The minimum atomic E-state index is -1.34. The molecule has 2 N–H and O–H groups in total. The number of fused-ring (bicyclic) bond motifs is 2. The highest BCUT2D eigenvalue weighted by molar-refractivity contribution is 5.96. The number of aliphatic carboxylic acids is 2. The number of carboxylic acids is 2. The van der Waals surface area contributed by atoms with Crippen molar-refractivity contribution in [3.63, 3.8) is 0 Å². The Hall–Kier alpha value is -3.87. The van der Waals surface area contributed by atoms with Gasteiger partial charge in [0.25, 0.3) is 0 Å². The summed E-state index contributed by atoms with van der Waals surface area (Å²) in [5.41, 5.74) is 3.62. The van der Waals surface area contributed by atoms with E-state index in [-0.39, 0.29) is 6.42 Å². The van der Waals surface area contributed by atoms with Gasteiger partial charge in [0, 0.05) is 5.56 Å². The van der Waals surface area contributed by atoms with Gasteiger partial charge in [-0.15, -0.1) is 0 Å². The number of benzene rings is 3. The molecular formula is C26H25NO6. The number of carbonyl (C=O) groups is 2. The molecule has 3 aromatic carbocycles. The Balaban J connectivity index is 1.39. The maximum Gasteiger partial charge on any atom is 0.317 e. The van der Waals surface area contributed by atoms with Crippen LogP contribution in [-0.2, 0) is 9.59 Å². The predicted octanol–water partition coefficient (Wildman–Crippen LogP) is 5.68. The lowest BCUT2D eigenvalue weighted by molar-refractivity contribution is -0.154. The summed E-state index contributed by atoms with van der Waals surface area (Å²) >= 11 is 0. The summed E-state index contributed by atoms with van der Waals surface area (Å²) in [6.07, 6.45) is 2.06. The number of carboxylic acid groups (broad SMARTS) is 2. The van der Waals surface area contributed by atoms with E-state index in [1.54, 1.807) is 0 Å². The van der Waals surface area contributed by atoms with Gasteiger partial charge in [0.1, 0.15) is 11.3 Å². The summed E-state index contributed by atoms with van der Waals surface area (Å²) in [7, 11) is 0. The molecule has 1 aromatic heterocycles. The normalized spacial score (nSPS) is 11.3. The largest absolute Gasteiger partial charge is 0.494 e. The molecule has 0 aliphatic carbocycles. The molecule has 0 saturated heterocycles. The summed E-state index contributed by atoms with van der Waals surface area (Å²) in [5, 5.41) is 19.8. The molecule has 0 aliphatic heterocycles. The van der Waals surface area contributed by atoms with Crippen LogP contribution in [-0.4, -0.2) is 33.7 Å². The van der Waals surface area contributed by atoms with E-state index < -0.39 is 17.9 Å². The Bertz CT molecular complexity index is 1290. The first-order valence-corrected chi connectivity index (χ1v) is 10.9. The standard InChI is InChI=1S/C26H25NO6/c1-16-9-12-22-23(14-16)33-24(27-22)20-8-5-6-17-15-18(10-11-19(17)20)32-13-4-2-3-7-21(25(28)29)26(30)31/h5-6,8-12,14-15,21H,2-4,7,13H2,1H3,(H,28,29)(H,30,31). The lowest BCUT2D eigenvalue weighted by Crippen LogP contribution is -2.23. The monoisotopic (exact) mass is 447 g/mol. The molecule has 0 atom stereocenters. The number of nitrogens with zero attached hydrogens (tertiary/aromatic N) is 1. The topological polar surface area (TPSA) is 110 Å². The van der Waals surface area contributed by atoms with Crippen LogP contribution < -0.4 is 4.74 Å². The summed E-state index contributed by atoms with van der Waals surface area (Å²) in [6, 6.07) is 17.8. The molecule has 1 heterocycles. The highest BCUT2D eigenvalue weighted by Crippen LogP contribution is 2.32. The second-order valence-electron chi connectivity index (χ2n) is 8.11. The number of rotatable bonds is 10. The molecule has 0 bridgehead atoms. The van der Waals surface area contributed by atoms with Crippen molar-refractivity contribution in [2.75, 3.05) is 6.61 Å². The molecule has 0 radical (unpaired) electrons. The van der Waals surface area contributed by atoms with Gasteiger partial charge in [-0.05, 0) is 72.5 Å². The number of hydrogen-bond acceptors (Lipinski definition) is 5. The molecule has 170 valence electrons. The van der Waals surface area contributed by atoms with Crippen LogP contribution in [0, 0.1) is 12.8 Å². The van der Waals surface area contributed by atoms with Gasteiger partial charge in [0.05, 0.1) is 6.61 Å². The summed E-state index contributed by atoms with van der Waals surface area (Å²) in [5.74, 6) is -2.60. The van der Waals surface area contributed by atoms with Crippen LogP contribution in [0.4, 0.5) is 0 Å². The Morgan fingerprint density at radius 3 is 2.61 bits per heavy atom. The fraction of sp³-hybridized carbons (Fsp3) is 0.269. The van der Waals surface area contributed by atoms with Crippen molar-refractivity contribution in [2.45, 2.75) is 32.6 Å². The molecule has 0 aliphatic rings. The van der Waals surface area contributed by atoms with Gasteiger partial charge in [-0.25, -0.2) is 4.98 Å². The quantitative estimate of drug-likeness (QED) is 0.238. The molecule has 7 nitrogen and oxygen atoms in total. The van der Waals surface area contributed by atoms with Crippen molar-refractivity contribution in [3.8, 4) is 17.2 Å². The van der Waals surface area contributed by atoms with Crippen molar-refractivity contribution in [1.82, 2.24) is 4.98 Å². The van der Waals surface area contributed by atoms with Gasteiger partial charge in [-0.3, -0.25) is 9.59 Å². The van der Waals surface area contributed by atoms with E-state index in [1.165, 1.54) is 0 Å². The number of unbranched alkanes of at least 4 members (excludes halogenated alkanes) is 2. The van der Waals surface area contributed by atoms with Crippen molar-refractivity contribution in [3.05, 3.63) is 60.2 Å². The fourth-order valence-electron chi connectivity index (χ4n) is 3.85. The Morgan fingerprint density at radius 1 is 1.00 bits per heavy atom. The third-order valence-electron chi connectivity index (χ3n) is 5.63. The Kier molecular flexibility index (Phi) is 6.58. The van der Waals surface area contributed by atoms with Gasteiger partial charge in [0.15, 0.2) is 11.5 Å². The zero-order valence-corrected chi connectivity index (χ0v) is 18.3. The molecule has 0 amide bonds. The Labute approximate surface area is 190 Å². The van der Waals surface area contributed by atoms with E-state index in [1.807, 2.05) is 61.5 Å². The van der Waals surface area contributed by atoms with Crippen LogP contribution in [0.5, 0.6) is 5.75 Å². The van der Waals surface area contributed by atoms with Crippen molar-refractivity contribution in [2.24, 2.45) is 5.92 Å². The second-order valence-corrected chi connectivity index (χ2v) is 8.11. The predicted molar refractivity (Wildman–Crippen MR) is 124 cm³/mol. The molecule has 0 spiro atoms. The van der Waals surface area contributed by atoms with Gasteiger partial charge in [-0.2, -0.15) is 0 Å². The smallest absolute Gasteiger partial charge is 0.317 e. The fourth-order valence-corrected chi connectivity index (χ4v) is 3.85. The molecule has 0 fully saturated rings. The highest BCUT2D eigenvalue weighted by Gasteiger charge is 2.24. The first-order chi connectivity index (χ1) is 15.9. The van der Waals surface area contributed by atoms with E-state index in [2.05, 4.69) is 4.98 Å². The van der Waals surface area contributed by atoms with Crippen molar-refractivity contribution < 1.29 is 29.0 Å². The van der Waals surface area contributed by atoms with Crippen molar-refractivity contribution >= 4 is 33.8 Å². The third kappa shape index (κ3) is 5.14. The van der Waals surface area contributed by atoms with Crippen LogP contribution in [0.15, 0.2) is 59.0 Å². The van der Waals surface area contributed by atoms with E-state index in [0.29, 0.717) is 31.8 Å². The molecular weight excluding hydrogens is 422 g/mol. The van der Waals surface area contributed by atoms with Crippen LogP contribution in [0.25, 0.3) is 33.3 Å². The van der Waals surface area contributed by atoms with Gasteiger partial charge in [-0.1, -0.05) is 31.0 Å². The Morgan fingerprint density at radius 2 is 1.82 bits per heavy atom. The molecule has 7 heteroatoms. The first-order valence-electron chi connectivity index (χ1n) is 10.9. The number of oxazole rings is 1. The van der Waals surface area contributed by atoms with Gasteiger partial charge in [0.2, 0.25) is 5.89 Å². The number of ether oxygens (including phenoxy) is 1. The van der Waals surface area contributed by atoms with Crippen LogP contribution in [0.3, 0.4) is 0 Å². The molecule has 0 saturated carbocycles. The SMILES string of the molecule is Cc1ccc2nc(-c3cccc4cc(OCCCCCC(C(=O)O)C(=O)O)ccc34)oc2c1. The maximum absolute atomic E-state index is 10.9. The summed E-state index contributed by atoms with van der Waals surface area (Å²) in [6.45, 7) is 2.49. The minimum absolute atomic E-state index is 0.124. The van der Waals surface area contributed by atoms with E-state index in [0.717, 1.165) is 38.7 Å². The highest BCUT2D eigenvalue weighted by atomic mass is 16.5. The molecule has 4 rings (SSSR count). The zero-order chi connectivity index (χ0) is 23.4. The molecule has 33 heavy (non-hydrogen) atoms. The number of aromatic nitrogens is 1. The second kappa shape index (κ2) is 9.73. The zero-order valence-electron chi connectivity index (χ0n) is 18.3. The maximum atomic E-state index is 10.9. The third-order valence-corrected chi connectivity index (χ3v) is 5.63. The lowest BCUT2D eigenvalue weighted by Gasteiger charge is -2.10. The van der Waals surface area contributed by atoms with Gasteiger partial charge >= 0.3 is 11.9 Å². The number of aryl methyl sites for hydroxylation is 1. The van der Waals surface area contributed by atoms with Gasteiger partial charge < -0.3 is 19.4 Å². The molecule has 4 aromatic rings. The lowest BCUT2D eigenvalue weighted by atomic mass is 10.0. The first kappa shape index (κ1) is 22.3. The average molecular weight is 447 g/mol.